The normalized spacial score (nSPS) is 11.5. The molecule has 0 aliphatic carbocycles. The molecule has 0 atom stereocenters. The van der Waals surface area contributed by atoms with Gasteiger partial charge in [0.15, 0.2) is 0 Å². The van der Waals surface area contributed by atoms with Crippen molar-refractivity contribution in [3.05, 3.63) is 73.7 Å². The van der Waals surface area contributed by atoms with Crippen molar-refractivity contribution in [2.45, 2.75) is 4.90 Å². The van der Waals surface area contributed by atoms with Crippen LogP contribution in [0.25, 0.3) is 5.69 Å². The van der Waals surface area contributed by atoms with E-state index in [1.807, 2.05) is 4.72 Å². The van der Waals surface area contributed by atoms with Crippen LogP contribution >= 0.6 is 58.0 Å². The second kappa shape index (κ2) is 8.10. The first-order chi connectivity index (χ1) is 13.1. The van der Waals surface area contributed by atoms with Crippen LogP contribution < -0.4 is 4.72 Å². The molecular weight excluding hydrogens is 492 g/mol. The third kappa shape index (κ3) is 4.25. The van der Waals surface area contributed by atoms with Crippen LogP contribution in [0.1, 0.15) is 10.5 Å². The number of carbonyl (C=O) groups excluding carboxylic acids is 1. The molecule has 1 aromatic heterocycles. The molecule has 0 unspecified atom stereocenters. The molecule has 0 aliphatic rings. The highest BCUT2D eigenvalue weighted by molar-refractivity contribution is 7.90. The highest BCUT2D eigenvalue weighted by Gasteiger charge is 2.25. The Morgan fingerprint density at radius 1 is 0.964 bits per heavy atom. The molecule has 0 saturated heterocycles. The van der Waals surface area contributed by atoms with Crippen molar-refractivity contribution in [1.82, 2.24) is 14.3 Å². The summed E-state index contributed by atoms with van der Waals surface area (Å²) in [5, 5.41) is 0.361. The summed E-state index contributed by atoms with van der Waals surface area (Å²) in [6.07, 6.45) is 2.59. The standard InChI is InChI=1S/C16H8Cl5N3O3S/c17-9-2-1-3-10(18)15(9)28(26,27)23-16(25)13-6-24(7-22-13)8-4-11(19)14(21)12(20)5-8/h1-7H,(H,23,25). The van der Waals surface area contributed by atoms with Crippen LogP contribution in [0.3, 0.4) is 0 Å². The van der Waals surface area contributed by atoms with Crippen LogP contribution in [0.4, 0.5) is 0 Å². The number of sulfonamides is 1. The van der Waals surface area contributed by atoms with Crippen molar-refractivity contribution in [3.63, 3.8) is 0 Å². The fourth-order valence-corrected chi connectivity index (χ4v) is 4.93. The molecule has 0 fully saturated rings. The van der Waals surface area contributed by atoms with E-state index in [4.69, 9.17) is 58.0 Å². The molecule has 1 heterocycles. The van der Waals surface area contributed by atoms with Crippen molar-refractivity contribution in [1.29, 1.82) is 0 Å². The fraction of sp³-hybridized carbons (Fsp3) is 0. The molecule has 1 amide bonds. The fourth-order valence-electron chi connectivity index (χ4n) is 2.24. The van der Waals surface area contributed by atoms with Crippen molar-refractivity contribution in [2.24, 2.45) is 0 Å². The maximum absolute atomic E-state index is 12.5. The van der Waals surface area contributed by atoms with Gasteiger partial charge in [-0.25, -0.2) is 18.1 Å². The number of nitrogens with one attached hydrogen (secondary N) is 1. The summed E-state index contributed by atoms with van der Waals surface area (Å²) in [6.45, 7) is 0. The van der Waals surface area contributed by atoms with Crippen LogP contribution in [0, 0.1) is 0 Å². The minimum absolute atomic E-state index is 0.122. The Balaban J connectivity index is 1.89. The van der Waals surface area contributed by atoms with Gasteiger partial charge in [-0.2, -0.15) is 0 Å². The van der Waals surface area contributed by atoms with Crippen molar-refractivity contribution >= 4 is 73.9 Å². The minimum Gasteiger partial charge on any atom is -0.305 e. The molecule has 0 aliphatic heterocycles. The van der Waals surface area contributed by atoms with E-state index in [2.05, 4.69) is 4.98 Å². The number of hydrogen-bond acceptors (Lipinski definition) is 4. The Morgan fingerprint density at radius 2 is 1.54 bits per heavy atom. The van der Waals surface area contributed by atoms with E-state index < -0.39 is 20.8 Å². The van der Waals surface area contributed by atoms with Gasteiger partial charge in [-0.3, -0.25) is 4.79 Å². The summed E-state index contributed by atoms with van der Waals surface area (Å²) in [6, 6.07) is 7.19. The SMILES string of the molecule is O=C(NS(=O)(=O)c1c(Cl)cccc1Cl)c1cn(-c2cc(Cl)c(Cl)c(Cl)c2)cn1. The molecule has 0 bridgehead atoms. The number of benzene rings is 2. The Kier molecular flexibility index (Phi) is 6.14. The molecule has 3 rings (SSSR count). The highest BCUT2D eigenvalue weighted by atomic mass is 35.5. The molecule has 0 saturated carbocycles. The van der Waals surface area contributed by atoms with Crippen molar-refractivity contribution in [2.75, 3.05) is 0 Å². The minimum atomic E-state index is -4.32. The molecule has 0 spiro atoms. The Morgan fingerprint density at radius 3 is 2.11 bits per heavy atom. The van der Waals surface area contributed by atoms with Crippen LogP contribution in [0.15, 0.2) is 47.8 Å². The molecule has 146 valence electrons. The molecule has 28 heavy (non-hydrogen) atoms. The van der Waals surface area contributed by atoms with E-state index in [9.17, 15) is 13.2 Å². The maximum atomic E-state index is 12.5. The van der Waals surface area contributed by atoms with Crippen molar-refractivity contribution in [3.8, 4) is 5.69 Å². The molecule has 6 nitrogen and oxygen atoms in total. The van der Waals surface area contributed by atoms with Gasteiger partial charge in [0.25, 0.3) is 15.9 Å². The summed E-state index contributed by atoms with van der Waals surface area (Å²) >= 11 is 29.7. The summed E-state index contributed by atoms with van der Waals surface area (Å²) in [7, 11) is -4.32. The average molecular weight is 500 g/mol. The first-order valence-electron chi connectivity index (χ1n) is 7.30. The van der Waals surface area contributed by atoms with Crippen molar-refractivity contribution < 1.29 is 13.2 Å². The quantitative estimate of drug-likeness (QED) is 0.497. The van der Waals surface area contributed by atoms with Gasteiger partial charge in [0.1, 0.15) is 16.9 Å². The van der Waals surface area contributed by atoms with Gasteiger partial charge in [-0.15, -0.1) is 0 Å². The van der Waals surface area contributed by atoms with E-state index in [1.54, 1.807) is 0 Å². The summed E-state index contributed by atoms with van der Waals surface area (Å²) < 4.78 is 28.3. The second-order valence-electron chi connectivity index (χ2n) is 5.37. The highest BCUT2D eigenvalue weighted by Crippen LogP contribution is 2.32. The van der Waals surface area contributed by atoms with Gasteiger partial charge in [-0.1, -0.05) is 64.1 Å². The number of imidazole rings is 1. The lowest BCUT2D eigenvalue weighted by Gasteiger charge is -2.09. The molecular formula is C16H8Cl5N3O3S. The van der Waals surface area contributed by atoms with Gasteiger partial charge < -0.3 is 4.57 Å². The Hall–Kier alpha value is -1.48. The topological polar surface area (TPSA) is 81.1 Å². The van der Waals surface area contributed by atoms with E-state index >= 15 is 0 Å². The zero-order valence-corrected chi connectivity index (χ0v) is 18.1. The smallest absolute Gasteiger partial charge is 0.285 e. The number of amides is 1. The van der Waals surface area contributed by atoms with Crippen LogP contribution in [0.5, 0.6) is 0 Å². The second-order valence-corrected chi connectivity index (χ2v) is 9.00. The monoisotopic (exact) mass is 497 g/mol. The predicted molar refractivity (Wildman–Crippen MR) is 110 cm³/mol. The van der Waals surface area contributed by atoms with Gasteiger partial charge >= 0.3 is 0 Å². The lowest BCUT2D eigenvalue weighted by molar-refractivity contribution is 0.0977. The van der Waals surface area contributed by atoms with Crippen LogP contribution in [0.2, 0.25) is 25.1 Å². The first-order valence-corrected chi connectivity index (χ1v) is 10.7. The van der Waals surface area contributed by atoms with Gasteiger partial charge in [0, 0.05) is 11.9 Å². The third-order valence-corrected chi connectivity index (χ3v) is 6.98. The summed E-state index contributed by atoms with van der Waals surface area (Å²) in [5.74, 6) is -0.971. The van der Waals surface area contributed by atoms with Gasteiger partial charge in [0.05, 0.1) is 25.1 Å². The van der Waals surface area contributed by atoms with Gasteiger partial charge in [0.2, 0.25) is 0 Å². The lowest BCUT2D eigenvalue weighted by atomic mass is 10.3. The number of aromatic nitrogens is 2. The zero-order chi connectivity index (χ0) is 20.6. The van der Waals surface area contributed by atoms with Gasteiger partial charge in [-0.05, 0) is 24.3 Å². The summed E-state index contributed by atoms with van der Waals surface area (Å²) in [4.78, 5) is 15.9. The molecule has 0 radical (unpaired) electrons. The predicted octanol–water partition coefficient (Wildman–Crippen LogP) is 5.26. The van der Waals surface area contributed by atoms with Crippen LogP contribution in [-0.2, 0) is 10.0 Å². The maximum Gasteiger partial charge on any atom is 0.285 e. The molecule has 2 aromatic carbocycles. The van der Waals surface area contributed by atoms with E-state index in [0.717, 1.165) is 0 Å². The van der Waals surface area contributed by atoms with E-state index in [1.165, 1.54) is 47.4 Å². The number of nitrogens with zero attached hydrogens (tertiary/aromatic N) is 2. The molecule has 3 aromatic rings. The lowest BCUT2D eigenvalue weighted by Crippen LogP contribution is -2.31. The number of carbonyl (C=O) groups is 1. The largest absolute Gasteiger partial charge is 0.305 e. The zero-order valence-electron chi connectivity index (χ0n) is 13.5. The average Bonchev–Trinajstić information content (AvgIpc) is 3.08. The Bertz CT molecular complexity index is 1150. The Labute approximate surface area is 185 Å². The van der Waals surface area contributed by atoms with E-state index in [-0.39, 0.29) is 30.8 Å². The molecule has 12 heteroatoms. The third-order valence-electron chi connectivity index (χ3n) is 3.50. The summed E-state index contributed by atoms with van der Waals surface area (Å²) in [5.41, 5.74) is 0.303. The number of hydrogen-bond donors (Lipinski definition) is 1. The first kappa shape index (κ1) is 21.2. The van der Waals surface area contributed by atoms with E-state index in [0.29, 0.717) is 5.69 Å². The van der Waals surface area contributed by atoms with Crippen LogP contribution in [-0.4, -0.2) is 23.9 Å². The molecule has 1 N–H and O–H groups in total. The number of rotatable bonds is 4. The number of halogens is 5.